The number of anilines is 1. The van der Waals surface area contributed by atoms with E-state index < -0.39 is 6.61 Å². The average Bonchev–Trinajstić information content (AvgIpc) is 2.93. The van der Waals surface area contributed by atoms with Gasteiger partial charge in [0.05, 0.1) is 19.0 Å². The van der Waals surface area contributed by atoms with Gasteiger partial charge in [0, 0.05) is 30.6 Å². The van der Waals surface area contributed by atoms with Crippen LogP contribution in [0.15, 0.2) is 37.2 Å². The second-order valence-electron chi connectivity index (χ2n) is 4.11. The molecule has 7 heteroatoms. The highest BCUT2D eigenvalue weighted by Gasteiger charge is 2.11. The summed E-state index contributed by atoms with van der Waals surface area (Å²) in [6.07, 6.45) is 4.98. The second kappa shape index (κ2) is 6.74. The number of hydrogen-bond acceptors (Lipinski definition) is 4. The van der Waals surface area contributed by atoms with Gasteiger partial charge in [-0.2, -0.15) is 13.9 Å². The first-order valence-electron chi connectivity index (χ1n) is 6.14. The summed E-state index contributed by atoms with van der Waals surface area (Å²) in [7, 11) is 1.50. The fourth-order valence-corrected chi connectivity index (χ4v) is 1.74. The molecular formula is C14H15F2N3O2. The van der Waals surface area contributed by atoms with Gasteiger partial charge >= 0.3 is 6.61 Å². The fourth-order valence-electron chi connectivity index (χ4n) is 1.74. The number of ether oxygens (including phenoxy) is 2. The lowest BCUT2D eigenvalue weighted by molar-refractivity contribution is -0.0494. The molecule has 0 atom stereocenters. The zero-order valence-corrected chi connectivity index (χ0v) is 11.4. The van der Waals surface area contributed by atoms with Crippen molar-refractivity contribution >= 4 is 11.9 Å². The first-order chi connectivity index (χ1) is 10.1. The van der Waals surface area contributed by atoms with Crippen LogP contribution in [0.25, 0.3) is 6.20 Å². The molecule has 0 aliphatic heterocycles. The molecule has 21 heavy (non-hydrogen) atoms. The Morgan fingerprint density at radius 1 is 1.48 bits per heavy atom. The summed E-state index contributed by atoms with van der Waals surface area (Å²) in [6.45, 7) is 1.11. The lowest BCUT2D eigenvalue weighted by Crippen LogP contribution is -2.06. The number of benzene rings is 1. The summed E-state index contributed by atoms with van der Waals surface area (Å²) in [6, 6.07) is 4.58. The molecule has 1 aromatic heterocycles. The predicted molar refractivity (Wildman–Crippen MR) is 75.6 cm³/mol. The van der Waals surface area contributed by atoms with Crippen molar-refractivity contribution in [1.29, 1.82) is 0 Å². The molecule has 0 aliphatic carbocycles. The van der Waals surface area contributed by atoms with E-state index in [1.807, 2.05) is 0 Å². The van der Waals surface area contributed by atoms with Gasteiger partial charge in [0.15, 0.2) is 0 Å². The molecule has 0 saturated carbocycles. The van der Waals surface area contributed by atoms with E-state index in [0.717, 1.165) is 5.56 Å². The molecule has 0 fully saturated rings. The molecule has 1 N–H and O–H groups in total. The average molecular weight is 295 g/mol. The SMILES string of the molecule is C=Cn1cc(CNc2cc(OC)ccc2OC(F)F)cn1. The van der Waals surface area contributed by atoms with E-state index in [2.05, 4.69) is 21.7 Å². The second-order valence-corrected chi connectivity index (χ2v) is 4.11. The number of hydrogen-bond donors (Lipinski definition) is 1. The van der Waals surface area contributed by atoms with E-state index in [1.54, 1.807) is 35.4 Å². The van der Waals surface area contributed by atoms with E-state index in [0.29, 0.717) is 18.0 Å². The Balaban J connectivity index is 2.14. The summed E-state index contributed by atoms with van der Waals surface area (Å²) in [5.41, 5.74) is 1.29. The highest BCUT2D eigenvalue weighted by molar-refractivity contribution is 5.60. The number of rotatable bonds is 7. The van der Waals surface area contributed by atoms with Crippen LogP contribution in [0, 0.1) is 0 Å². The van der Waals surface area contributed by atoms with Crippen LogP contribution in [0.5, 0.6) is 11.5 Å². The highest BCUT2D eigenvalue weighted by atomic mass is 19.3. The Labute approximate surface area is 120 Å². The maximum atomic E-state index is 12.4. The van der Waals surface area contributed by atoms with E-state index in [1.165, 1.54) is 13.2 Å². The van der Waals surface area contributed by atoms with E-state index >= 15 is 0 Å². The van der Waals surface area contributed by atoms with Gasteiger partial charge in [0.25, 0.3) is 0 Å². The Morgan fingerprint density at radius 3 is 2.90 bits per heavy atom. The molecule has 2 aromatic rings. The summed E-state index contributed by atoms with van der Waals surface area (Å²) in [4.78, 5) is 0. The minimum Gasteiger partial charge on any atom is -0.497 e. The minimum atomic E-state index is -2.89. The maximum Gasteiger partial charge on any atom is 0.387 e. The van der Waals surface area contributed by atoms with Crippen molar-refractivity contribution in [2.45, 2.75) is 13.2 Å². The van der Waals surface area contributed by atoms with Crippen LogP contribution in [0.2, 0.25) is 0 Å². The number of aromatic nitrogens is 2. The van der Waals surface area contributed by atoms with Crippen LogP contribution in [0.4, 0.5) is 14.5 Å². The van der Waals surface area contributed by atoms with Crippen LogP contribution < -0.4 is 14.8 Å². The van der Waals surface area contributed by atoms with E-state index in [4.69, 9.17) is 4.74 Å². The largest absolute Gasteiger partial charge is 0.497 e. The fraction of sp³-hybridized carbons (Fsp3) is 0.214. The predicted octanol–water partition coefficient (Wildman–Crippen LogP) is 3.21. The first-order valence-corrected chi connectivity index (χ1v) is 6.14. The quantitative estimate of drug-likeness (QED) is 0.852. The third kappa shape index (κ3) is 3.95. The van der Waals surface area contributed by atoms with Gasteiger partial charge in [0.1, 0.15) is 11.5 Å². The Kier molecular flexibility index (Phi) is 4.76. The van der Waals surface area contributed by atoms with Crippen LogP contribution in [-0.4, -0.2) is 23.5 Å². The molecule has 0 radical (unpaired) electrons. The molecule has 0 spiro atoms. The van der Waals surface area contributed by atoms with Gasteiger partial charge in [-0.25, -0.2) is 4.68 Å². The highest BCUT2D eigenvalue weighted by Crippen LogP contribution is 2.30. The zero-order chi connectivity index (χ0) is 15.2. The van der Waals surface area contributed by atoms with Crippen molar-refractivity contribution in [3.05, 3.63) is 42.7 Å². The minimum absolute atomic E-state index is 0.0573. The Bertz CT molecular complexity index is 614. The lowest BCUT2D eigenvalue weighted by atomic mass is 10.2. The van der Waals surface area contributed by atoms with Gasteiger partial charge in [-0.05, 0) is 12.1 Å². The molecule has 0 amide bonds. The van der Waals surface area contributed by atoms with Crippen molar-refractivity contribution < 1.29 is 18.3 Å². The number of alkyl halides is 2. The molecule has 0 aliphatic rings. The van der Waals surface area contributed by atoms with Gasteiger partial charge in [-0.15, -0.1) is 0 Å². The molecule has 1 heterocycles. The van der Waals surface area contributed by atoms with Crippen LogP contribution in [0.1, 0.15) is 5.56 Å². The monoisotopic (exact) mass is 295 g/mol. The molecular weight excluding hydrogens is 280 g/mol. The smallest absolute Gasteiger partial charge is 0.387 e. The molecule has 1 aromatic carbocycles. The molecule has 0 bridgehead atoms. The van der Waals surface area contributed by atoms with Crippen molar-refractivity contribution in [1.82, 2.24) is 9.78 Å². The first kappa shape index (κ1) is 14.8. The number of methoxy groups -OCH3 is 1. The Hall–Kier alpha value is -2.57. The summed E-state index contributed by atoms with van der Waals surface area (Å²) in [5, 5.41) is 7.06. The van der Waals surface area contributed by atoms with Gasteiger partial charge in [-0.1, -0.05) is 6.58 Å². The number of nitrogens with zero attached hydrogens (tertiary/aromatic N) is 2. The topological polar surface area (TPSA) is 48.3 Å². The Morgan fingerprint density at radius 2 is 2.29 bits per heavy atom. The van der Waals surface area contributed by atoms with Gasteiger partial charge < -0.3 is 14.8 Å². The summed E-state index contributed by atoms with van der Waals surface area (Å²) < 4.78 is 35.9. The third-order valence-electron chi connectivity index (χ3n) is 2.73. The number of halogens is 2. The van der Waals surface area contributed by atoms with Crippen molar-refractivity contribution in [2.24, 2.45) is 0 Å². The third-order valence-corrected chi connectivity index (χ3v) is 2.73. The van der Waals surface area contributed by atoms with Crippen molar-refractivity contribution in [2.75, 3.05) is 12.4 Å². The van der Waals surface area contributed by atoms with Crippen LogP contribution in [-0.2, 0) is 6.54 Å². The van der Waals surface area contributed by atoms with Crippen molar-refractivity contribution in [3.8, 4) is 11.5 Å². The van der Waals surface area contributed by atoms with Gasteiger partial charge in [0.2, 0.25) is 0 Å². The van der Waals surface area contributed by atoms with Gasteiger partial charge in [-0.3, -0.25) is 0 Å². The summed E-state index contributed by atoms with van der Waals surface area (Å²) in [5.74, 6) is 0.600. The standard InChI is InChI=1S/C14H15F2N3O2/c1-3-19-9-10(8-18-19)7-17-12-6-11(20-2)4-5-13(12)21-14(15)16/h3-6,8-9,14,17H,1,7H2,2H3. The molecule has 0 unspecified atom stereocenters. The van der Waals surface area contributed by atoms with E-state index in [9.17, 15) is 8.78 Å². The lowest BCUT2D eigenvalue weighted by Gasteiger charge is -2.13. The molecule has 5 nitrogen and oxygen atoms in total. The number of nitrogens with one attached hydrogen (secondary N) is 1. The molecule has 2 rings (SSSR count). The maximum absolute atomic E-state index is 12.4. The van der Waals surface area contributed by atoms with Crippen molar-refractivity contribution in [3.63, 3.8) is 0 Å². The zero-order valence-electron chi connectivity index (χ0n) is 11.4. The van der Waals surface area contributed by atoms with Crippen LogP contribution >= 0.6 is 0 Å². The van der Waals surface area contributed by atoms with Crippen LogP contribution in [0.3, 0.4) is 0 Å². The molecule has 112 valence electrons. The van der Waals surface area contributed by atoms with E-state index in [-0.39, 0.29) is 5.75 Å². The molecule has 0 saturated heterocycles. The normalized spacial score (nSPS) is 10.5. The summed E-state index contributed by atoms with van der Waals surface area (Å²) >= 11 is 0.